The number of hydrogen-bond donors (Lipinski definition) is 3. The Bertz CT molecular complexity index is 1230. The Morgan fingerprint density at radius 1 is 1.32 bits per heavy atom. The van der Waals surface area contributed by atoms with Crippen molar-refractivity contribution in [1.29, 1.82) is 5.26 Å². The van der Waals surface area contributed by atoms with Crippen LogP contribution in [0.5, 0.6) is 0 Å². The zero-order valence-corrected chi connectivity index (χ0v) is 19.2. The third-order valence-corrected chi connectivity index (χ3v) is 5.81. The Labute approximate surface area is 198 Å². The Hall–Kier alpha value is -4.10. The van der Waals surface area contributed by atoms with Crippen molar-refractivity contribution in [3.8, 4) is 6.07 Å². The molecule has 0 fully saturated rings. The first kappa shape index (κ1) is 23.1. The first-order valence-electron chi connectivity index (χ1n) is 11.2. The fraction of sp³-hybridized carbons (Fsp3) is 0.333. The number of nitrogens with zero attached hydrogens (tertiary/aromatic N) is 6. The molecule has 3 heterocycles. The quantitative estimate of drug-likeness (QED) is 0.473. The van der Waals surface area contributed by atoms with Gasteiger partial charge in [0.1, 0.15) is 17.7 Å². The summed E-state index contributed by atoms with van der Waals surface area (Å²) in [6.07, 6.45) is 5.00. The zero-order chi connectivity index (χ0) is 23.9. The minimum absolute atomic E-state index is 0.0832. The average molecular weight is 458 g/mol. The summed E-state index contributed by atoms with van der Waals surface area (Å²) in [7, 11) is 1.92. The predicted octanol–water partition coefficient (Wildman–Crippen LogP) is 2.44. The van der Waals surface area contributed by atoms with Gasteiger partial charge in [0, 0.05) is 31.4 Å². The summed E-state index contributed by atoms with van der Waals surface area (Å²) < 4.78 is 1.95. The van der Waals surface area contributed by atoms with Crippen LogP contribution < -0.4 is 16.0 Å². The predicted molar refractivity (Wildman–Crippen MR) is 128 cm³/mol. The monoisotopic (exact) mass is 457 g/mol. The topological polar surface area (TPSA) is 133 Å². The van der Waals surface area contributed by atoms with Crippen LogP contribution in [0.1, 0.15) is 58.6 Å². The van der Waals surface area contributed by atoms with Crippen molar-refractivity contribution in [1.82, 2.24) is 30.4 Å². The molecule has 1 aliphatic heterocycles. The van der Waals surface area contributed by atoms with Crippen LogP contribution in [0.2, 0.25) is 0 Å². The molecule has 1 aliphatic rings. The van der Waals surface area contributed by atoms with Gasteiger partial charge < -0.3 is 15.2 Å². The van der Waals surface area contributed by atoms with Crippen LogP contribution in [0, 0.1) is 11.3 Å². The molecule has 3 N–H and O–H groups in total. The number of benzene rings is 1. The Morgan fingerprint density at radius 3 is 2.94 bits per heavy atom. The second-order valence-corrected chi connectivity index (χ2v) is 7.92. The molecular formula is C24H27N9O. The molecule has 3 aromatic rings. The van der Waals surface area contributed by atoms with Crippen molar-refractivity contribution in [2.24, 2.45) is 12.0 Å². The van der Waals surface area contributed by atoms with Gasteiger partial charge in [-0.3, -0.25) is 15.1 Å². The second-order valence-electron chi connectivity index (χ2n) is 7.92. The molecule has 0 radical (unpaired) electrons. The van der Waals surface area contributed by atoms with Crippen molar-refractivity contribution in [2.45, 2.75) is 38.4 Å². The third-order valence-electron chi connectivity index (χ3n) is 5.81. The number of nitriles is 1. The number of pyridine rings is 1. The summed E-state index contributed by atoms with van der Waals surface area (Å²) in [5, 5.41) is 27.6. The largest absolute Gasteiger partial charge is 0.363 e. The second kappa shape index (κ2) is 10.7. The summed E-state index contributed by atoms with van der Waals surface area (Å²) in [5.41, 5.74) is 2.26. The molecule has 34 heavy (non-hydrogen) atoms. The molecular weight excluding hydrogens is 430 g/mol. The lowest BCUT2D eigenvalue weighted by Gasteiger charge is -2.18. The van der Waals surface area contributed by atoms with Crippen molar-refractivity contribution in [3.63, 3.8) is 0 Å². The summed E-state index contributed by atoms with van der Waals surface area (Å²) >= 11 is 0. The lowest BCUT2D eigenvalue weighted by molar-refractivity contribution is 0.0945. The van der Waals surface area contributed by atoms with E-state index in [1.165, 1.54) is 0 Å². The molecule has 10 heteroatoms. The smallest absolute Gasteiger partial charge is 0.252 e. The van der Waals surface area contributed by atoms with Crippen LogP contribution >= 0.6 is 0 Å². The highest BCUT2D eigenvalue weighted by atomic mass is 16.1. The highest BCUT2D eigenvalue weighted by Gasteiger charge is 2.20. The molecule has 0 bridgehead atoms. The Morgan fingerprint density at radius 2 is 2.18 bits per heavy atom. The van der Waals surface area contributed by atoms with Crippen molar-refractivity contribution < 1.29 is 4.79 Å². The number of carbonyl (C=O) groups is 1. The van der Waals surface area contributed by atoms with E-state index >= 15 is 0 Å². The first-order chi connectivity index (χ1) is 16.6. The molecule has 2 atom stereocenters. The molecule has 1 amide bonds. The van der Waals surface area contributed by atoms with Gasteiger partial charge in [0.25, 0.3) is 5.91 Å². The fourth-order valence-electron chi connectivity index (χ4n) is 3.89. The maximum Gasteiger partial charge on any atom is 0.252 e. The van der Waals surface area contributed by atoms with Crippen molar-refractivity contribution in [2.75, 3.05) is 12.0 Å². The van der Waals surface area contributed by atoms with Crippen LogP contribution in [0.15, 0.2) is 47.6 Å². The van der Waals surface area contributed by atoms with Crippen LogP contribution in [0.3, 0.4) is 0 Å². The van der Waals surface area contributed by atoms with Gasteiger partial charge in [-0.1, -0.05) is 31.2 Å². The van der Waals surface area contributed by atoms with Gasteiger partial charge in [0.15, 0.2) is 5.82 Å². The lowest BCUT2D eigenvalue weighted by Crippen LogP contribution is -2.28. The Kier molecular flexibility index (Phi) is 7.25. The molecule has 0 aliphatic carbocycles. The number of amides is 1. The molecule has 1 unspecified atom stereocenters. The zero-order valence-electron chi connectivity index (χ0n) is 19.2. The van der Waals surface area contributed by atoms with Gasteiger partial charge in [0.05, 0.1) is 25.3 Å². The molecule has 174 valence electrons. The number of aliphatic imine (C=N–C) groups is 1. The normalized spacial score (nSPS) is 16.0. The molecule has 1 aromatic carbocycles. The van der Waals surface area contributed by atoms with E-state index in [2.05, 4.69) is 42.2 Å². The first-order valence-corrected chi connectivity index (χ1v) is 11.2. The number of carbonyl (C=O) groups excluding carboxylic acids is 1. The maximum atomic E-state index is 12.9. The minimum atomic E-state index is -0.733. The highest BCUT2D eigenvalue weighted by Crippen LogP contribution is 2.20. The van der Waals surface area contributed by atoms with Crippen LogP contribution in [0.4, 0.5) is 5.82 Å². The molecule has 0 saturated heterocycles. The van der Waals surface area contributed by atoms with Crippen LogP contribution in [-0.2, 0) is 20.0 Å². The van der Waals surface area contributed by atoms with E-state index in [9.17, 15) is 10.1 Å². The van der Waals surface area contributed by atoms with Crippen LogP contribution in [0.25, 0.3) is 0 Å². The number of hydrogen-bond acceptors (Lipinski definition) is 8. The third kappa shape index (κ3) is 5.10. The molecule has 0 saturated carbocycles. The van der Waals surface area contributed by atoms with Gasteiger partial charge in [0.2, 0.25) is 0 Å². The Balaban J connectivity index is 1.42. The minimum Gasteiger partial charge on any atom is -0.363 e. The number of rotatable bonds is 8. The fourth-order valence-corrected chi connectivity index (χ4v) is 3.89. The van der Waals surface area contributed by atoms with Gasteiger partial charge in [-0.15, -0.1) is 10.2 Å². The van der Waals surface area contributed by atoms with Crippen molar-refractivity contribution in [3.05, 3.63) is 70.9 Å². The van der Waals surface area contributed by atoms with E-state index in [4.69, 9.17) is 0 Å². The number of aryl methyl sites for hydroxylation is 1. The molecule has 4 rings (SSSR count). The summed E-state index contributed by atoms with van der Waals surface area (Å²) in [5.74, 6) is 1.78. The average Bonchev–Trinajstić information content (AvgIpc) is 3.26. The lowest BCUT2D eigenvalue weighted by atomic mass is 9.99. The summed E-state index contributed by atoms with van der Waals surface area (Å²) in [4.78, 5) is 21.4. The summed E-state index contributed by atoms with van der Waals surface area (Å²) in [6, 6.07) is 12.5. The van der Waals surface area contributed by atoms with E-state index in [1.54, 1.807) is 18.3 Å². The summed E-state index contributed by atoms with van der Waals surface area (Å²) in [6.45, 7) is 2.99. The molecule has 10 nitrogen and oxygen atoms in total. The SMILES string of the molecule is CCc1ccccc1[C@@H](C#N)NC(=O)c1ccnc(NCc2nnc(C3CC=NCN3)n2C)c1. The van der Waals surface area contributed by atoms with E-state index in [1.807, 2.05) is 49.0 Å². The van der Waals surface area contributed by atoms with E-state index in [-0.39, 0.29) is 11.9 Å². The van der Waals surface area contributed by atoms with E-state index in [0.717, 1.165) is 35.6 Å². The van der Waals surface area contributed by atoms with Gasteiger partial charge in [-0.2, -0.15) is 5.26 Å². The van der Waals surface area contributed by atoms with Gasteiger partial charge in [-0.25, -0.2) is 4.98 Å². The van der Waals surface area contributed by atoms with Crippen molar-refractivity contribution >= 4 is 17.9 Å². The number of aromatic nitrogens is 4. The van der Waals surface area contributed by atoms with E-state index in [0.29, 0.717) is 24.6 Å². The number of nitrogens with one attached hydrogen (secondary N) is 3. The van der Waals surface area contributed by atoms with Gasteiger partial charge >= 0.3 is 0 Å². The maximum absolute atomic E-state index is 12.9. The van der Waals surface area contributed by atoms with E-state index < -0.39 is 6.04 Å². The van der Waals surface area contributed by atoms with Crippen LogP contribution in [-0.4, -0.2) is 38.5 Å². The number of anilines is 1. The standard InChI is InChI=1S/C24H27N9O/c1-3-16-6-4-5-7-18(16)20(13-25)30-24(34)17-8-11-27-21(12-17)28-14-22-31-32-23(33(22)2)19-9-10-26-15-29-19/h4-8,10-12,19-20,29H,3,9,14-15H2,1-2H3,(H,27,28)(H,30,34)/t19?,20-/m1/s1. The molecule has 0 spiro atoms. The molecule has 2 aromatic heterocycles. The highest BCUT2D eigenvalue weighted by molar-refractivity contribution is 5.95. The van der Waals surface area contributed by atoms with Gasteiger partial charge in [-0.05, 0) is 29.7 Å².